The number of nitrogens with one attached hydrogen (secondary N) is 1. The van der Waals surface area contributed by atoms with Crippen LogP contribution in [0.2, 0.25) is 5.02 Å². The summed E-state index contributed by atoms with van der Waals surface area (Å²) in [6.07, 6.45) is 4.78. The van der Waals surface area contributed by atoms with Crippen molar-refractivity contribution in [2.45, 2.75) is 11.4 Å². The fraction of sp³-hybridized carbons (Fsp3) is 0.250. The molecule has 5 nitrogen and oxygen atoms in total. The van der Waals surface area contributed by atoms with Crippen molar-refractivity contribution in [3.8, 4) is 0 Å². The monoisotopic (exact) mass is 299 g/mol. The molecular formula is C12H14ClN3O2S. The minimum absolute atomic E-state index is 0.130. The van der Waals surface area contributed by atoms with Crippen LogP contribution >= 0.6 is 11.6 Å². The third-order valence-corrected chi connectivity index (χ3v) is 4.16. The average Bonchev–Trinajstić information content (AvgIpc) is 2.72. The van der Waals surface area contributed by atoms with Crippen LogP contribution in [0, 0.1) is 0 Å². The Morgan fingerprint density at radius 3 is 2.74 bits per heavy atom. The summed E-state index contributed by atoms with van der Waals surface area (Å²) in [5.74, 6) is 0. The molecule has 102 valence electrons. The fourth-order valence-corrected chi connectivity index (χ4v) is 2.97. The van der Waals surface area contributed by atoms with Gasteiger partial charge in [-0.25, -0.2) is 8.42 Å². The number of rotatable bonds is 4. The maximum absolute atomic E-state index is 11.6. The highest BCUT2D eigenvalue weighted by atomic mass is 35.5. The second-order valence-corrected chi connectivity index (χ2v) is 6.68. The SMILES string of the molecule is Cn1cc(CNc2ccc(Cl)c(S(C)(=O)=O)c2)cn1. The second-order valence-electron chi connectivity index (χ2n) is 4.29. The first-order valence-electron chi connectivity index (χ1n) is 5.57. The summed E-state index contributed by atoms with van der Waals surface area (Å²) in [5, 5.41) is 7.43. The lowest BCUT2D eigenvalue weighted by Crippen LogP contribution is -2.02. The van der Waals surface area contributed by atoms with Crippen molar-refractivity contribution in [3.63, 3.8) is 0 Å². The van der Waals surface area contributed by atoms with Gasteiger partial charge < -0.3 is 5.32 Å². The van der Waals surface area contributed by atoms with Gasteiger partial charge in [0, 0.05) is 37.3 Å². The van der Waals surface area contributed by atoms with Gasteiger partial charge in [-0.05, 0) is 18.2 Å². The van der Waals surface area contributed by atoms with E-state index in [-0.39, 0.29) is 9.92 Å². The fourth-order valence-electron chi connectivity index (χ4n) is 1.66. The first-order valence-corrected chi connectivity index (χ1v) is 7.84. The van der Waals surface area contributed by atoms with E-state index in [4.69, 9.17) is 11.6 Å². The standard InChI is InChI=1S/C12H14ClN3O2S/c1-16-8-9(7-15-16)6-14-10-3-4-11(13)12(5-10)19(2,17)18/h3-5,7-8,14H,6H2,1-2H3. The molecule has 0 unspecified atom stereocenters. The van der Waals surface area contributed by atoms with Gasteiger partial charge in [0.15, 0.2) is 9.84 Å². The van der Waals surface area contributed by atoms with E-state index in [2.05, 4.69) is 10.4 Å². The van der Waals surface area contributed by atoms with E-state index in [0.717, 1.165) is 11.8 Å². The Hall–Kier alpha value is -1.53. The Morgan fingerprint density at radius 1 is 1.42 bits per heavy atom. The summed E-state index contributed by atoms with van der Waals surface area (Å²) >= 11 is 5.88. The molecule has 2 aromatic rings. The van der Waals surface area contributed by atoms with E-state index in [9.17, 15) is 8.42 Å². The Balaban J connectivity index is 2.18. The minimum atomic E-state index is -3.32. The lowest BCUT2D eigenvalue weighted by atomic mass is 10.3. The van der Waals surface area contributed by atoms with Gasteiger partial charge in [-0.3, -0.25) is 4.68 Å². The normalized spacial score (nSPS) is 11.5. The number of hydrogen-bond acceptors (Lipinski definition) is 4. The quantitative estimate of drug-likeness (QED) is 0.939. The van der Waals surface area contributed by atoms with Crippen LogP contribution in [0.1, 0.15) is 5.56 Å². The number of aromatic nitrogens is 2. The smallest absolute Gasteiger partial charge is 0.177 e. The van der Waals surface area contributed by atoms with Crippen LogP contribution in [0.15, 0.2) is 35.5 Å². The van der Waals surface area contributed by atoms with Gasteiger partial charge in [0.05, 0.1) is 16.1 Å². The van der Waals surface area contributed by atoms with E-state index < -0.39 is 9.84 Å². The number of hydrogen-bond donors (Lipinski definition) is 1. The highest BCUT2D eigenvalue weighted by molar-refractivity contribution is 7.90. The van der Waals surface area contributed by atoms with Crippen LogP contribution in [0.25, 0.3) is 0 Å². The van der Waals surface area contributed by atoms with Gasteiger partial charge in [-0.1, -0.05) is 11.6 Å². The van der Waals surface area contributed by atoms with Crippen LogP contribution in [0.5, 0.6) is 0 Å². The van der Waals surface area contributed by atoms with E-state index in [1.807, 2.05) is 13.2 Å². The maximum atomic E-state index is 11.6. The molecule has 1 heterocycles. The van der Waals surface area contributed by atoms with Crippen LogP contribution in [0.3, 0.4) is 0 Å². The molecule has 2 rings (SSSR count). The third kappa shape index (κ3) is 3.48. The van der Waals surface area contributed by atoms with E-state index in [1.54, 1.807) is 23.0 Å². The number of halogens is 1. The van der Waals surface area contributed by atoms with E-state index >= 15 is 0 Å². The van der Waals surface area contributed by atoms with Crippen molar-refractivity contribution in [2.75, 3.05) is 11.6 Å². The zero-order chi connectivity index (χ0) is 14.0. The van der Waals surface area contributed by atoms with Crippen LogP contribution in [0.4, 0.5) is 5.69 Å². The van der Waals surface area contributed by atoms with Gasteiger partial charge in [0.1, 0.15) is 0 Å². The first-order chi connectivity index (χ1) is 8.86. The van der Waals surface area contributed by atoms with Crippen LogP contribution < -0.4 is 5.32 Å². The molecule has 1 N–H and O–H groups in total. The van der Waals surface area contributed by atoms with Crippen LogP contribution in [-0.4, -0.2) is 24.5 Å². The zero-order valence-corrected chi connectivity index (χ0v) is 12.2. The Morgan fingerprint density at radius 2 is 2.16 bits per heavy atom. The number of sulfone groups is 1. The summed E-state index contributed by atoms with van der Waals surface area (Å²) in [5.41, 5.74) is 1.71. The van der Waals surface area contributed by atoms with Gasteiger partial charge in [0.2, 0.25) is 0 Å². The predicted molar refractivity (Wildman–Crippen MR) is 75.1 cm³/mol. The van der Waals surface area contributed by atoms with Crippen molar-refractivity contribution in [1.29, 1.82) is 0 Å². The van der Waals surface area contributed by atoms with E-state index in [1.165, 1.54) is 6.07 Å². The molecule has 0 saturated heterocycles. The summed E-state index contributed by atoms with van der Waals surface area (Å²) in [6.45, 7) is 0.568. The van der Waals surface area contributed by atoms with Crippen molar-refractivity contribution < 1.29 is 8.42 Å². The molecule has 1 aromatic heterocycles. The third-order valence-electron chi connectivity index (χ3n) is 2.59. The topological polar surface area (TPSA) is 64.0 Å². The number of nitrogens with zero attached hydrogens (tertiary/aromatic N) is 2. The number of anilines is 1. The molecule has 0 radical (unpaired) electrons. The molecule has 0 saturated carbocycles. The maximum Gasteiger partial charge on any atom is 0.177 e. The van der Waals surface area contributed by atoms with Gasteiger partial charge >= 0.3 is 0 Å². The highest BCUT2D eigenvalue weighted by Gasteiger charge is 2.12. The Kier molecular flexibility index (Phi) is 3.82. The predicted octanol–water partition coefficient (Wildman–Crippen LogP) is 2.09. The number of aryl methyl sites for hydroxylation is 1. The molecule has 0 amide bonds. The molecule has 0 aliphatic heterocycles. The molecule has 0 spiro atoms. The first kappa shape index (κ1) is 13.9. The molecule has 19 heavy (non-hydrogen) atoms. The molecule has 0 aliphatic rings. The summed E-state index contributed by atoms with van der Waals surface area (Å²) in [7, 11) is -1.48. The summed E-state index contributed by atoms with van der Waals surface area (Å²) in [6, 6.07) is 4.85. The van der Waals surface area contributed by atoms with Crippen molar-refractivity contribution >= 4 is 27.1 Å². The molecule has 0 aliphatic carbocycles. The Bertz CT molecular complexity index is 695. The zero-order valence-electron chi connectivity index (χ0n) is 10.6. The minimum Gasteiger partial charge on any atom is -0.381 e. The molecular weight excluding hydrogens is 286 g/mol. The average molecular weight is 300 g/mol. The lowest BCUT2D eigenvalue weighted by molar-refractivity contribution is 0.602. The Labute approximate surface area is 117 Å². The van der Waals surface area contributed by atoms with Gasteiger partial charge in [-0.15, -0.1) is 0 Å². The largest absolute Gasteiger partial charge is 0.381 e. The summed E-state index contributed by atoms with van der Waals surface area (Å²) in [4.78, 5) is 0.130. The molecule has 0 fully saturated rings. The molecule has 7 heteroatoms. The molecule has 0 bridgehead atoms. The highest BCUT2D eigenvalue weighted by Crippen LogP contribution is 2.25. The van der Waals surface area contributed by atoms with Gasteiger partial charge in [-0.2, -0.15) is 5.10 Å². The number of benzene rings is 1. The van der Waals surface area contributed by atoms with Gasteiger partial charge in [0.25, 0.3) is 0 Å². The molecule has 0 atom stereocenters. The summed E-state index contributed by atoms with van der Waals surface area (Å²) < 4.78 is 24.8. The lowest BCUT2D eigenvalue weighted by Gasteiger charge is -2.08. The van der Waals surface area contributed by atoms with Crippen LogP contribution in [-0.2, 0) is 23.4 Å². The van der Waals surface area contributed by atoms with E-state index in [0.29, 0.717) is 12.2 Å². The van der Waals surface area contributed by atoms with Crippen molar-refractivity contribution in [1.82, 2.24) is 9.78 Å². The second kappa shape index (κ2) is 5.22. The van der Waals surface area contributed by atoms with Crippen molar-refractivity contribution in [2.24, 2.45) is 7.05 Å². The van der Waals surface area contributed by atoms with Crippen molar-refractivity contribution in [3.05, 3.63) is 41.2 Å². The molecule has 1 aromatic carbocycles.